The predicted molar refractivity (Wildman–Crippen MR) is 119 cm³/mol. The zero-order valence-corrected chi connectivity index (χ0v) is 18.4. The number of nitrogens with zero attached hydrogens (tertiary/aromatic N) is 1. The van der Waals surface area contributed by atoms with Crippen molar-refractivity contribution in [2.75, 3.05) is 20.2 Å². The Hall–Kier alpha value is -2.40. The first-order chi connectivity index (χ1) is 14.9. The second-order valence-corrected chi connectivity index (χ2v) is 9.22. The van der Waals surface area contributed by atoms with Gasteiger partial charge in [-0.15, -0.1) is 0 Å². The summed E-state index contributed by atoms with van der Waals surface area (Å²) in [6.07, 6.45) is 4.86. The fraction of sp³-hybridized carbons (Fsp3) is 0.500. The summed E-state index contributed by atoms with van der Waals surface area (Å²) in [6.45, 7) is 3.27. The first kappa shape index (κ1) is 21.8. The van der Waals surface area contributed by atoms with Crippen LogP contribution in [0, 0.1) is 11.7 Å². The number of ether oxygens (including phenoxy) is 1. The molecule has 2 fully saturated rings. The SMILES string of the molecule is COc1cc([C@@H](C)CC2CC[C@H](c3ccc(C(=O)N4CC[C@H](O)C4)cc3)C2)ccc1F. The van der Waals surface area contributed by atoms with Crippen molar-refractivity contribution in [3.63, 3.8) is 0 Å². The van der Waals surface area contributed by atoms with E-state index in [0.717, 1.165) is 24.8 Å². The maximum Gasteiger partial charge on any atom is 0.253 e. The van der Waals surface area contributed by atoms with Crippen LogP contribution in [0.1, 0.15) is 72.3 Å². The van der Waals surface area contributed by atoms with Crippen LogP contribution in [0.5, 0.6) is 5.75 Å². The molecule has 0 radical (unpaired) electrons. The first-order valence-electron chi connectivity index (χ1n) is 11.3. The molecule has 31 heavy (non-hydrogen) atoms. The van der Waals surface area contributed by atoms with E-state index in [9.17, 15) is 14.3 Å². The summed E-state index contributed by atoms with van der Waals surface area (Å²) in [4.78, 5) is 14.3. The lowest BCUT2D eigenvalue weighted by Gasteiger charge is -2.19. The van der Waals surface area contributed by atoms with Gasteiger partial charge in [0.15, 0.2) is 11.6 Å². The van der Waals surface area contributed by atoms with Gasteiger partial charge in [-0.2, -0.15) is 0 Å². The molecule has 2 aromatic rings. The van der Waals surface area contributed by atoms with E-state index in [1.807, 2.05) is 24.3 Å². The number of aliphatic hydroxyl groups excluding tert-OH is 1. The van der Waals surface area contributed by atoms with E-state index < -0.39 is 6.10 Å². The van der Waals surface area contributed by atoms with Crippen LogP contribution >= 0.6 is 0 Å². The van der Waals surface area contributed by atoms with E-state index in [0.29, 0.717) is 48.6 Å². The van der Waals surface area contributed by atoms with E-state index in [1.54, 1.807) is 4.90 Å². The molecule has 4 nitrogen and oxygen atoms in total. The molecule has 4 atom stereocenters. The Morgan fingerprint density at radius 3 is 2.65 bits per heavy atom. The third-order valence-corrected chi connectivity index (χ3v) is 7.05. The van der Waals surface area contributed by atoms with E-state index in [4.69, 9.17) is 4.74 Å². The highest BCUT2D eigenvalue weighted by molar-refractivity contribution is 5.94. The van der Waals surface area contributed by atoms with Crippen molar-refractivity contribution in [1.29, 1.82) is 0 Å². The van der Waals surface area contributed by atoms with E-state index in [-0.39, 0.29) is 11.7 Å². The highest BCUT2D eigenvalue weighted by Gasteiger charge is 2.29. The number of rotatable bonds is 6. The average Bonchev–Trinajstić information content (AvgIpc) is 3.43. The number of amides is 1. The molecule has 0 aromatic heterocycles. The zero-order chi connectivity index (χ0) is 22.0. The number of halogens is 1. The number of hydrogen-bond acceptors (Lipinski definition) is 3. The minimum absolute atomic E-state index is 0.0101. The Labute approximate surface area is 184 Å². The normalized spacial score (nSPS) is 24.4. The molecule has 1 amide bonds. The molecule has 1 saturated carbocycles. The lowest BCUT2D eigenvalue weighted by Crippen LogP contribution is -2.29. The molecule has 2 aromatic carbocycles. The van der Waals surface area contributed by atoms with Gasteiger partial charge in [-0.1, -0.05) is 25.1 Å². The minimum atomic E-state index is -0.392. The minimum Gasteiger partial charge on any atom is -0.494 e. The third-order valence-electron chi connectivity index (χ3n) is 7.05. The van der Waals surface area contributed by atoms with Gasteiger partial charge in [-0.3, -0.25) is 4.79 Å². The lowest BCUT2D eigenvalue weighted by molar-refractivity contribution is 0.0765. The maximum atomic E-state index is 13.7. The van der Waals surface area contributed by atoms with Crippen molar-refractivity contribution in [2.24, 2.45) is 5.92 Å². The van der Waals surface area contributed by atoms with Gasteiger partial charge in [0.25, 0.3) is 5.91 Å². The molecule has 1 saturated heterocycles. The third kappa shape index (κ3) is 4.93. The molecule has 1 unspecified atom stereocenters. The molecule has 1 aliphatic carbocycles. The van der Waals surface area contributed by atoms with Crippen molar-refractivity contribution in [3.05, 3.63) is 65.0 Å². The average molecular weight is 426 g/mol. The molecular weight excluding hydrogens is 393 g/mol. The van der Waals surface area contributed by atoms with E-state index >= 15 is 0 Å². The standard InChI is InChI=1S/C26H32FNO3/c1-17(21-9-10-24(27)25(15-21)31-2)13-18-3-4-22(14-18)19-5-7-20(8-6-19)26(30)28-12-11-23(29)16-28/h5-10,15,17-18,22-23,29H,3-4,11-14,16H2,1-2H3/t17-,18?,22-,23-/m0/s1. The smallest absolute Gasteiger partial charge is 0.253 e. The van der Waals surface area contributed by atoms with Gasteiger partial charge in [0.2, 0.25) is 0 Å². The van der Waals surface area contributed by atoms with Gasteiger partial charge in [0, 0.05) is 18.7 Å². The largest absolute Gasteiger partial charge is 0.494 e. The molecule has 166 valence electrons. The number of β-amino-alcohol motifs (C(OH)–C–C–N with tert-alkyl or cyclic N) is 1. The number of aliphatic hydroxyl groups is 1. The summed E-state index contributed by atoms with van der Waals surface area (Å²) in [5.41, 5.74) is 3.12. The number of benzene rings is 2. The van der Waals surface area contributed by atoms with Gasteiger partial charge < -0.3 is 14.7 Å². The van der Waals surface area contributed by atoms with Crippen LogP contribution < -0.4 is 4.74 Å². The van der Waals surface area contributed by atoms with Gasteiger partial charge in [0.1, 0.15) is 0 Å². The molecule has 0 bridgehead atoms. The van der Waals surface area contributed by atoms with Crippen molar-refractivity contribution in [1.82, 2.24) is 4.90 Å². The molecule has 1 aliphatic heterocycles. The predicted octanol–water partition coefficient (Wildman–Crippen LogP) is 5.12. The lowest BCUT2D eigenvalue weighted by atomic mass is 9.88. The topological polar surface area (TPSA) is 49.8 Å². The zero-order valence-electron chi connectivity index (χ0n) is 18.4. The second-order valence-electron chi connectivity index (χ2n) is 9.22. The number of methoxy groups -OCH3 is 1. The fourth-order valence-corrected chi connectivity index (χ4v) is 5.22. The summed E-state index contributed by atoms with van der Waals surface area (Å²) in [5, 5.41) is 9.66. The molecular formula is C26H32FNO3. The number of carbonyl (C=O) groups is 1. The molecule has 0 spiro atoms. The van der Waals surface area contributed by atoms with Crippen LogP contribution in [0.15, 0.2) is 42.5 Å². The van der Waals surface area contributed by atoms with Crippen LogP contribution in [0.3, 0.4) is 0 Å². The number of hydrogen-bond donors (Lipinski definition) is 1. The van der Waals surface area contributed by atoms with Crippen LogP contribution in [-0.4, -0.2) is 42.2 Å². The Morgan fingerprint density at radius 1 is 1.19 bits per heavy atom. The van der Waals surface area contributed by atoms with Crippen molar-refractivity contribution in [2.45, 2.75) is 57.0 Å². The summed E-state index contributed by atoms with van der Waals surface area (Å²) in [5.74, 6) is 1.53. The summed E-state index contributed by atoms with van der Waals surface area (Å²) < 4.78 is 18.8. The van der Waals surface area contributed by atoms with Crippen LogP contribution in [0.4, 0.5) is 4.39 Å². The highest BCUT2D eigenvalue weighted by Crippen LogP contribution is 2.42. The van der Waals surface area contributed by atoms with Gasteiger partial charge in [-0.05, 0) is 85.3 Å². The molecule has 1 N–H and O–H groups in total. The highest BCUT2D eigenvalue weighted by atomic mass is 19.1. The maximum absolute atomic E-state index is 13.7. The Kier molecular flexibility index (Phi) is 6.61. The number of carbonyl (C=O) groups excluding carboxylic acids is 1. The van der Waals surface area contributed by atoms with E-state index in [1.165, 1.54) is 25.2 Å². The molecule has 4 rings (SSSR count). The quantitative estimate of drug-likeness (QED) is 0.699. The summed E-state index contributed by atoms with van der Waals surface area (Å²) >= 11 is 0. The Morgan fingerprint density at radius 2 is 1.97 bits per heavy atom. The van der Waals surface area contributed by atoms with Gasteiger partial charge in [-0.25, -0.2) is 4.39 Å². The fourth-order valence-electron chi connectivity index (χ4n) is 5.22. The first-order valence-corrected chi connectivity index (χ1v) is 11.3. The van der Waals surface area contributed by atoms with Crippen molar-refractivity contribution >= 4 is 5.91 Å². The second kappa shape index (κ2) is 9.39. The Bertz CT molecular complexity index is 913. The monoisotopic (exact) mass is 425 g/mol. The van der Waals surface area contributed by atoms with Crippen molar-refractivity contribution < 1.29 is 19.0 Å². The van der Waals surface area contributed by atoms with E-state index in [2.05, 4.69) is 19.1 Å². The van der Waals surface area contributed by atoms with Gasteiger partial charge in [0.05, 0.1) is 13.2 Å². The van der Waals surface area contributed by atoms with Crippen LogP contribution in [0.2, 0.25) is 0 Å². The summed E-state index contributed by atoms with van der Waals surface area (Å²) in [7, 11) is 1.50. The molecule has 5 heteroatoms. The summed E-state index contributed by atoms with van der Waals surface area (Å²) in [6, 6.07) is 13.2. The number of likely N-dealkylation sites (tertiary alicyclic amines) is 1. The Balaban J connectivity index is 1.34. The van der Waals surface area contributed by atoms with Crippen LogP contribution in [0.25, 0.3) is 0 Å². The van der Waals surface area contributed by atoms with Gasteiger partial charge >= 0.3 is 0 Å². The van der Waals surface area contributed by atoms with Crippen molar-refractivity contribution in [3.8, 4) is 5.75 Å². The molecule has 1 heterocycles. The van der Waals surface area contributed by atoms with Crippen LogP contribution in [-0.2, 0) is 0 Å². The molecule has 2 aliphatic rings.